The molecule has 1 aromatic rings. The van der Waals surface area contributed by atoms with E-state index in [9.17, 15) is 4.79 Å². The Labute approximate surface area is 113 Å². The van der Waals surface area contributed by atoms with Crippen LogP contribution in [0.4, 0.5) is 0 Å². The molecule has 2 unspecified atom stereocenters. The molecule has 1 amide bonds. The van der Waals surface area contributed by atoms with Crippen molar-refractivity contribution in [2.75, 3.05) is 12.3 Å². The van der Waals surface area contributed by atoms with E-state index >= 15 is 0 Å². The quantitative estimate of drug-likeness (QED) is 0.818. The number of benzene rings is 1. The summed E-state index contributed by atoms with van der Waals surface area (Å²) in [6.45, 7) is 3.20. The maximum absolute atomic E-state index is 11.9. The molecule has 1 heterocycles. The van der Waals surface area contributed by atoms with Gasteiger partial charge < -0.3 is 10.6 Å². The third-order valence-electron chi connectivity index (χ3n) is 3.22. The van der Waals surface area contributed by atoms with E-state index in [-0.39, 0.29) is 11.9 Å². The number of hydrogen-bond acceptors (Lipinski definition) is 3. The highest BCUT2D eigenvalue weighted by atomic mass is 32.2. The Kier molecular flexibility index (Phi) is 5.08. The summed E-state index contributed by atoms with van der Waals surface area (Å²) in [4.78, 5) is 13.0. The van der Waals surface area contributed by atoms with Crippen molar-refractivity contribution in [1.82, 2.24) is 10.6 Å². The molecule has 4 heteroatoms. The first kappa shape index (κ1) is 13.4. The van der Waals surface area contributed by atoms with E-state index in [2.05, 4.69) is 17.6 Å². The first-order valence-electron chi connectivity index (χ1n) is 6.46. The molecule has 0 bridgehead atoms. The van der Waals surface area contributed by atoms with Gasteiger partial charge in [0, 0.05) is 17.0 Å². The topological polar surface area (TPSA) is 41.1 Å². The minimum atomic E-state index is 0.129. The number of amides is 1. The maximum Gasteiger partial charge on any atom is 0.230 e. The van der Waals surface area contributed by atoms with Crippen molar-refractivity contribution in [3.8, 4) is 0 Å². The summed E-state index contributed by atoms with van der Waals surface area (Å²) in [5.41, 5.74) is 0. The summed E-state index contributed by atoms with van der Waals surface area (Å²) in [6, 6.07) is 10.7. The van der Waals surface area contributed by atoms with Crippen LogP contribution in [-0.2, 0) is 4.79 Å². The van der Waals surface area contributed by atoms with E-state index in [1.807, 2.05) is 30.3 Å². The first-order chi connectivity index (χ1) is 8.75. The van der Waals surface area contributed by atoms with E-state index in [0.717, 1.165) is 24.3 Å². The fourth-order valence-corrected chi connectivity index (χ4v) is 2.89. The summed E-state index contributed by atoms with van der Waals surface area (Å²) in [5, 5.41) is 6.51. The van der Waals surface area contributed by atoms with E-state index in [0.29, 0.717) is 11.8 Å². The minimum absolute atomic E-state index is 0.129. The Morgan fingerprint density at radius 1 is 1.44 bits per heavy atom. The normalized spacial score (nSPS) is 23.6. The summed E-state index contributed by atoms with van der Waals surface area (Å²) >= 11 is 1.59. The molecule has 2 atom stereocenters. The molecular formula is C14H20N2OS. The molecule has 1 aliphatic rings. The molecule has 3 nitrogen and oxygen atoms in total. The largest absolute Gasteiger partial charge is 0.351 e. The van der Waals surface area contributed by atoms with Crippen molar-refractivity contribution < 1.29 is 4.79 Å². The lowest BCUT2D eigenvalue weighted by Crippen LogP contribution is -2.52. The van der Waals surface area contributed by atoms with Gasteiger partial charge in [0.25, 0.3) is 0 Å². The molecule has 0 saturated carbocycles. The molecule has 0 aliphatic carbocycles. The SMILES string of the molecule is CC1NCCCC1NC(=O)CSc1ccccc1. The number of carbonyl (C=O) groups is 1. The monoisotopic (exact) mass is 264 g/mol. The van der Waals surface area contributed by atoms with E-state index in [4.69, 9.17) is 0 Å². The van der Waals surface area contributed by atoms with Crippen LogP contribution in [0.3, 0.4) is 0 Å². The highest BCUT2D eigenvalue weighted by molar-refractivity contribution is 8.00. The number of carbonyl (C=O) groups excluding carboxylic acids is 1. The third kappa shape index (κ3) is 4.03. The van der Waals surface area contributed by atoms with Gasteiger partial charge in [0.15, 0.2) is 0 Å². The van der Waals surface area contributed by atoms with E-state index < -0.39 is 0 Å². The van der Waals surface area contributed by atoms with Crippen molar-refractivity contribution >= 4 is 17.7 Å². The summed E-state index contributed by atoms with van der Waals surface area (Å²) in [7, 11) is 0. The Bertz CT molecular complexity index is 383. The van der Waals surface area contributed by atoms with Crippen molar-refractivity contribution in [3.05, 3.63) is 30.3 Å². The van der Waals surface area contributed by atoms with Gasteiger partial charge in [-0.25, -0.2) is 0 Å². The van der Waals surface area contributed by atoms with E-state index in [1.54, 1.807) is 11.8 Å². The van der Waals surface area contributed by atoms with Gasteiger partial charge in [-0.2, -0.15) is 0 Å². The lowest BCUT2D eigenvalue weighted by atomic mass is 10.00. The van der Waals surface area contributed by atoms with Crippen LogP contribution in [0.1, 0.15) is 19.8 Å². The lowest BCUT2D eigenvalue weighted by Gasteiger charge is -2.30. The molecule has 1 aromatic carbocycles. The number of nitrogens with one attached hydrogen (secondary N) is 2. The van der Waals surface area contributed by atoms with Crippen LogP contribution in [0.2, 0.25) is 0 Å². The van der Waals surface area contributed by atoms with Crippen LogP contribution in [-0.4, -0.2) is 30.3 Å². The smallest absolute Gasteiger partial charge is 0.230 e. The third-order valence-corrected chi connectivity index (χ3v) is 4.23. The molecule has 0 radical (unpaired) electrons. The Balaban J connectivity index is 1.75. The molecule has 1 saturated heterocycles. The Morgan fingerprint density at radius 3 is 2.94 bits per heavy atom. The second-order valence-electron chi connectivity index (χ2n) is 4.66. The van der Waals surface area contributed by atoms with Crippen molar-refractivity contribution in [3.63, 3.8) is 0 Å². The standard InChI is InChI=1S/C14H20N2OS/c1-11-13(8-5-9-15-11)16-14(17)10-18-12-6-3-2-4-7-12/h2-4,6-7,11,13,15H,5,8-10H2,1H3,(H,16,17). The number of hydrogen-bond donors (Lipinski definition) is 2. The molecule has 0 spiro atoms. The number of rotatable bonds is 4. The number of piperidine rings is 1. The molecule has 0 aromatic heterocycles. The molecule has 98 valence electrons. The van der Waals surface area contributed by atoms with Gasteiger partial charge in [0.1, 0.15) is 0 Å². The Morgan fingerprint density at radius 2 is 2.22 bits per heavy atom. The highest BCUT2D eigenvalue weighted by Crippen LogP contribution is 2.16. The lowest BCUT2D eigenvalue weighted by molar-refractivity contribution is -0.119. The average molecular weight is 264 g/mol. The van der Waals surface area contributed by atoms with E-state index in [1.165, 1.54) is 0 Å². The molecule has 18 heavy (non-hydrogen) atoms. The van der Waals surface area contributed by atoms with Crippen LogP contribution in [0.15, 0.2) is 35.2 Å². The van der Waals surface area contributed by atoms with Gasteiger partial charge in [0.05, 0.1) is 5.75 Å². The van der Waals surface area contributed by atoms with Gasteiger partial charge in [-0.3, -0.25) is 4.79 Å². The van der Waals surface area contributed by atoms with Crippen molar-refractivity contribution in [2.45, 2.75) is 36.7 Å². The van der Waals surface area contributed by atoms with Gasteiger partial charge >= 0.3 is 0 Å². The molecule has 2 N–H and O–H groups in total. The summed E-state index contributed by atoms with van der Waals surface area (Å²) in [5.74, 6) is 0.622. The van der Waals surface area contributed by atoms with Crippen LogP contribution in [0.25, 0.3) is 0 Å². The predicted molar refractivity (Wildman–Crippen MR) is 75.8 cm³/mol. The Hall–Kier alpha value is -1.00. The van der Waals surface area contributed by atoms with Gasteiger partial charge in [-0.05, 0) is 38.4 Å². The van der Waals surface area contributed by atoms with Crippen molar-refractivity contribution in [1.29, 1.82) is 0 Å². The summed E-state index contributed by atoms with van der Waals surface area (Å²) < 4.78 is 0. The van der Waals surface area contributed by atoms with Crippen LogP contribution >= 0.6 is 11.8 Å². The first-order valence-corrected chi connectivity index (χ1v) is 7.45. The minimum Gasteiger partial charge on any atom is -0.351 e. The zero-order valence-corrected chi connectivity index (χ0v) is 11.5. The molecule has 1 fully saturated rings. The van der Waals surface area contributed by atoms with Gasteiger partial charge in [0.2, 0.25) is 5.91 Å². The fourth-order valence-electron chi connectivity index (χ4n) is 2.16. The second-order valence-corrected chi connectivity index (χ2v) is 5.71. The summed E-state index contributed by atoms with van der Waals surface area (Å²) in [6.07, 6.45) is 2.22. The number of thioether (sulfide) groups is 1. The fraction of sp³-hybridized carbons (Fsp3) is 0.500. The highest BCUT2D eigenvalue weighted by Gasteiger charge is 2.22. The maximum atomic E-state index is 11.9. The average Bonchev–Trinajstić information content (AvgIpc) is 2.40. The van der Waals surface area contributed by atoms with Gasteiger partial charge in [-0.15, -0.1) is 11.8 Å². The predicted octanol–water partition coefficient (Wildman–Crippen LogP) is 2.04. The second kappa shape index (κ2) is 6.81. The van der Waals surface area contributed by atoms with Gasteiger partial charge in [-0.1, -0.05) is 18.2 Å². The van der Waals surface area contributed by atoms with Crippen LogP contribution < -0.4 is 10.6 Å². The zero-order chi connectivity index (χ0) is 12.8. The molecule has 1 aliphatic heterocycles. The molecular weight excluding hydrogens is 244 g/mol. The van der Waals surface area contributed by atoms with Crippen molar-refractivity contribution in [2.24, 2.45) is 0 Å². The molecule has 2 rings (SSSR count). The zero-order valence-electron chi connectivity index (χ0n) is 10.7. The van der Waals surface area contributed by atoms with Crippen LogP contribution in [0, 0.1) is 0 Å². The van der Waals surface area contributed by atoms with Crippen LogP contribution in [0.5, 0.6) is 0 Å².